The van der Waals surface area contributed by atoms with Crippen LogP contribution in [-0.4, -0.2) is 21.9 Å². The van der Waals surface area contributed by atoms with E-state index in [-0.39, 0.29) is 11.1 Å². The number of nitrogens with zero attached hydrogens (tertiary/aromatic N) is 1. The molecule has 0 aliphatic carbocycles. The summed E-state index contributed by atoms with van der Waals surface area (Å²) in [5.41, 5.74) is 9.25. The van der Waals surface area contributed by atoms with Crippen molar-refractivity contribution < 1.29 is 18.7 Å². The molecule has 4 aromatic rings. The van der Waals surface area contributed by atoms with Crippen molar-refractivity contribution >= 4 is 28.8 Å². The van der Waals surface area contributed by atoms with Crippen LogP contribution in [0.3, 0.4) is 0 Å². The van der Waals surface area contributed by atoms with Crippen molar-refractivity contribution in [2.24, 2.45) is 0 Å². The van der Waals surface area contributed by atoms with Crippen LogP contribution in [0.1, 0.15) is 35.5 Å². The molecule has 0 radical (unpaired) electrons. The van der Waals surface area contributed by atoms with Crippen LogP contribution in [0.2, 0.25) is 0 Å². The van der Waals surface area contributed by atoms with Crippen molar-refractivity contribution in [2.75, 3.05) is 5.73 Å². The molecule has 7 heteroatoms. The number of aromatic carboxylic acids is 1. The van der Waals surface area contributed by atoms with Crippen LogP contribution in [0.4, 0.5) is 14.5 Å². The third-order valence-corrected chi connectivity index (χ3v) is 5.12. The van der Waals surface area contributed by atoms with Gasteiger partial charge in [-0.05, 0) is 49.4 Å². The third-order valence-electron chi connectivity index (χ3n) is 5.12. The van der Waals surface area contributed by atoms with E-state index in [1.165, 1.54) is 24.3 Å². The van der Waals surface area contributed by atoms with Gasteiger partial charge in [-0.2, -0.15) is 0 Å². The molecule has 0 spiro atoms. The van der Waals surface area contributed by atoms with Gasteiger partial charge in [0.1, 0.15) is 11.6 Å². The fraction of sp³-hybridized carbons (Fsp3) is 0.120. The lowest BCUT2D eigenvalue weighted by Crippen LogP contribution is -1.99. The normalized spacial score (nSPS) is 10.5. The number of anilines is 1. The zero-order chi connectivity index (χ0) is 23.6. The third kappa shape index (κ3) is 3.85. The van der Waals surface area contributed by atoms with Crippen LogP contribution in [0.15, 0.2) is 54.6 Å². The Morgan fingerprint density at radius 2 is 1.81 bits per heavy atom. The first-order chi connectivity index (χ1) is 15.3. The highest BCUT2D eigenvalue weighted by atomic mass is 19.1. The van der Waals surface area contributed by atoms with E-state index in [2.05, 4.69) is 0 Å². The van der Waals surface area contributed by atoms with E-state index in [0.717, 1.165) is 12.3 Å². The highest BCUT2D eigenvalue weighted by Gasteiger charge is 2.21. The molecule has 0 fully saturated rings. The maximum atomic E-state index is 14.9. The number of fused-ring (bicyclic) bond motifs is 1. The van der Waals surface area contributed by atoms with Crippen LogP contribution in [-0.2, 0) is 0 Å². The summed E-state index contributed by atoms with van der Waals surface area (Å²) in [4.78, 5) is 11.2. The molecule has 5 nitrogen and oxygen atoms in total. The average molecular weight is 435 g/mol. The van der Waals surface area contributed by atoms with Crippen LogP contribution < -0.4 is 5.73 Å². The Morgan fingerprint density at radius 3 is 2.41 bits per heavy atom. The minimum absolute atomic E-state index is 0.159. The minimum atomic E-state index is -1.22. The van der Waals surface area contributed by atoms with Crippen LogP contribution in [0, 0.1) is 24.0 Å². The Kier molecular flexibility index (Phi) is 6.39. The Hall–Kier alpha value is -4.00. The van der Waals surface area contributed by atoms with Gasteiger partial charge >= 0.3 is 5.97 Å². The van der Waals surface area contributed by atoms with Crippen molar-refractivity contribution in [3.05, 3.63) is 83.1 Å². The molecular formula is C25H23F2N3O2. The highest BCUT2D eigenvalue weighted by molar-refractivity contribution is 6.04. The molecule has 1 aromatic heterocycles. The summed E-state index contributed by atoms with van der Waals surface area (Å²) in [6.07, 6.45) is 1.12. The monoisotopic (exact) mass is 435 g/mol. The van der Waals surface area contributed by atoms with Crippen LogP contribution in [0.25, 0.3) is 27.7 Å². The fourth-order valence-corrected chi connectivity index (χ4v) is 3.76. The second-order valence-electron chi connectivity index (χ2n) is 6.92. The first-order valence-corrected chi connectivity index (χ1v) is 10.1. The van der Waals surface area contributed by atoms with Gasteiger partial charge in [0.25, 0.3) is 0 Å². The number of carbonyl (C=O) groups is 1. The Balaban J connectivity index is 0.00000141. The summed E-state index contributed by atoms with van der Waals surface area (Å²) in [7, 11) is 0. The standard InChI is InChI=1S/C23H17F2N3O2.C2H6/c1-12-22(17-6-5-13(23(29)30)7-19(17)25)18-10-20(27)14(11-26)8-21(18)28(12)16-4-2-3-15(24)9-16;1-2/h2-11,26H,27H2,1H3,(H,29,30);1-2H3. The number of benzene rings is 3. The summed E-state index contributed by atoms with van der Waals surface area (Å²) in [5, 5.41) is 17.3. The Morgan fingerprint density at radius 1 is 1.09 bits per heavy atom. The molecule has 164 valence electrons. The van der Waals surface area contributed by atoms with Gasteiger partial charge in [0, 0.05) is 45.4 Å². The van der Waals surface area contributed by atoms with Crippen molar-refractivity contribution in [3.63, 3.8) is 0 Å². The molecule has 4 N–H and O–H groups in total. The molecule has 32 heavy (non-hydrogen) atoms. The number of halogens is 2. The van der Waals surface area contributed by atoms with E-state index in [1.54, 1.807) is 35.8 Å². The largest absolute Gasteiger partial charge is 0.478 e. The van der Waals surface area contributed by atoms with Gasteiger partial charge in [-0.3, -0.25) is 0 Å². The van der Waals surface area contributed by atoms with Crippen molar-refractivity contribution in [3.8, 4) is 16.8 Å². The zero-order valence-electron chi connectivity index (χ0n) is 17.9. The first kappa shape index (κ1) is 22.7. The van der Waals surface area contributed by atoms with Gasteiger partial charge in [-0.15, -0.1) is 0 Å². The molecule has 0 saturated carbocycles. The second kappa shape index (κ2) is 9.01. The quantitative estimate of drug-likeness (QED) is 0.264. The molecule has 1 heterocycles. The number of nitrogens with two attached hydrogens (primary N) is 1. The topological polar surface area (TPSA) is 92.1 Å². The molecule has 0 aliphatic rings. The summed E-state index contributed by atoms with van der Waals surface area (Å²) < 4.78 is 30.6. The summed E-state index contributed by atoms with van der Waals surface area (Å²) in [6, 6.07) is 13.1. The van der Waals surface area contributed by atoms with Crippen molar-refractivity contribution in [2.45, 2.75) is 20.8 Å². The van der Waals surface area contributed by atoms with Gasteiger partial charge < -0.3 is 20.8 Å². The maximum Gasteiger partial charge on any atom is 0.335 e. The van der Waals surface area contributed by atoms with Crippen LogP contribution >= 0.6 is 0 Å². The van der Waals surface area contributed by atoms with Gasteiger partial charge in [-0.1, -0.05) is 26.0 Å². The van der Waals surface area contributed by atoms with E-state index >= 15 is 0 Å². The molecule has 0 saturated heterocycles. The molecule has 0 bridgehead atoms. The lowest BCUT2D eigenvalue weighted by atomic mass is 9.99. The number of carboxylic acids is 1. The van der Waals surface area contributed by atoms with Gasteiger partial charge in [0.15, 0.2) is 0 Å². The van der Waals surface area contributed by atoms with Gasteiger partial charge in [0.2, 0.25) is 0 Å². The minimum Gasteiger partial charge on any atom is -0.478 e. The smallest absolute Gasteiger partial charge is 0.335 e. The van der Waals surface area contributed by atoms with E-state index < -0.39 is 17.6 Å². The second-order valence-corrected chi connectivity index (χ2v) is 6.92. The first-order valence-electron chi connectivity index (χ1n) is 10.1. The molecule has 0 unspecified atom stereocenters. The number of rotatable bonds is 4. The summed E-state index contributed by atoms with van der Waals surface area (Å²) in [6.45, 7) is 5.77. The number of nitrogen functional groups attached to an aromatic ring is 1. The number of nitrogens with one attached hydrogen (secondary N) is 1. The van der Waals surface area contributed by atoms with Crippen molar-refractivity contribution in [1.29, 1.82) is 5.41 Å². The van der Waals surface area contributed by atoms with Gasteiger partial charge in [-0.25, -0.2) is 13.6 Å². The van der Waals surface area contributed by atoms with Crippen LogP contribution in [0.5, 0.6) is 0 Å². The molecule has 4 rings (SSSR count). The lowest BCUT2D eigenvalue weighted by Gasteiger charge is -2.10. The number of aromatic nitrogens is 1. The van der Waals surface area contributed by atoms with E-state index in [4.69, 9.17) is 16.2 Å². The number of hydrogen-bond donors (Lipinski definition) is 3. The predicted octanol–water partition coefficient (Wildman–Crippen LogP) is 6.19. The Labute approximate surface area is 184 Å². The number of hydrogen-bond acceptors (Lipinski definition) is 3. The molecule has 3 aromatic carbocycles. The molecule has 0 atom stereocenters. The Bertz CT molecular complexity index is 1340. The highest BCUT2D eigenvalue weighted by Crippen LogP contribution is 2.39. The predicted molar refractivity (Wildman–Crippen MR) is 124 cm³/mol. The number of carboxylic acid groups (broad SMARTS) is 1. The molecule has 0 aliphatic heterocycles. The summed E-state index contributed by atoms with van der Waals surface area (Å²) >= 11 is 0. The van der Waals surface area contributed by atoms with E-state index in [1.807, 2.05) is 13.8 Å². The van der Waals surface area contributed by atoms with Gasteiger partial charge in [0.05, 0.1) is 11.1 Å². The molecular weight excluding hydrogens is 412 g/mol. The average Bonchev–Trinajstić information content (AvgIpc) is 3.05. The van der Waals surface area contributed by atoms with E-state index in [0.29, 0.717) is 39.1 Å². The molecule has 0 amide bonds. The van der Waals surface area contributed by atoms with E-state index in [9.17, 15) is 13.6 Å². The lowest BCUT2D eigenvalue weighted by molar-refractivity contribution is 0.0696. The maximum absolute atomic E-state index is 14.9. The van der Waals surface area contributed by atoms with Crippen molar-refractivity contribution in [1.82, 2.24) is 4.57 Å². The fourth-order valence-electron chi connectivity index (χ4n) is 3.76. The zero-order valence-corrected chi connectivity index (χ0v) is 17.9. The SMILES string of the molecule is CC.Cc1c(-c2ccc(C(=O)O)cc2F)c2cc(N)c(C=N)cc2n1-c1cccc(F)c1. The summed E-state index contributed by atoms with van der Waals surface area (Å²) in [5.74, 6) is -2.33.